The third kappa shape index (κ3) is 8.88. The van der Waals surface area contributed by atoms with Gasteiger partial charge in [0.15, 0.2) is 0 Å². The summed E-state index contributed by atoms with van der Waals surface area (Å²) in [5.74, 6) is -0.434. The van der Waals surface area contributed by atoms with E-state index in [0.717, 1.165) is 65.0 Å². The molecule has 1 aromatic carbocycles. The summed E-state index contributed by atoms with van der Waals surface area (Å²) in [6, 6.07) is 7.54. The summed E-state index contributed by atoms with van der Waals surface area (Å²) >= 11 is 0. The Morgan fingerprint density at radius 1 is 0.707 bits per heavy atom. The number of rotatable bonds is 3. The molecular formula is C28H42N4O9. The number of morpholine rings is 3. The molecule has 13 nitrogen and oxygen atoms in total. The van der Waals surface area contributed by atoms with Crippen LogP contribution in [-0.2, 0) is 18.9 Å². The number of hydrogen-bond donors (Lipinski definition) is 5. The van der Waals surface area contributed by atoms with E-state index in [2.05, 4.69) is 16.0 Å². The van der Waals surface area contributed by atoms with E-state index in [9.17, 15) is 25.1 Å². The lowest BCUT2D eigenvalue weighted by molar-refractivity contribution is -0.384. The molecule has 6 aliphatic heterocycles. The molecule has 228 valence electrons. The van der Waals surface area contributed by atoms with E-state index in [1.165, 1.54) is 24.3 Å². The first-order valence-corrected chi connectivity index (χ1v) is 14.6. The van der Waals surface area contributed by atoms with Crippen LogP contribution in [0.5, 0.6) is 0 Å². The number of benzene rings is 1. The number of hydrogen-bond acceptors (Lipinski definition) is 12. The predicted octanol–water partition coefficient (Wildman–Crippen LogP) is 0.267. The van der Waals surface area contributed by atoms with Crippen molar-refractivity contribution in [3.05, 3.63) is 39.9 Å². The molecule has 0 spiro atoms. The Morgan fingerprint density at radius 2 is 1.07 bits per heavy atom. The minimum atomic E-state index is -0.497. The zero-order chi connectivity index (χ0) is 28.8. The van der Waals surface area contributed by atoms with Crippen LogP contribution in [0.15, 0.2) is 24.3 Å². The van der Waals surface area contributed by atoms with Gasteiger partial charge in [0.25, 0.3) is 5.69 Å². The van der Waals surface area contributed by atoms with Gasteiger partial charge >= 0.3 is 5.97 Å². The monoisotopic (exact) mass is 578 g/mol. The van der Waals surface area contributed by atoms with E-state index >= 15 is 0 Å². The molecule has 6 saturated heterocycles. The summed E-state index contributed by atoms with van der Waals surface area (Å²) in [6.07, 6.45) is 4.57. The number of piperidine rings is 3. The number of esters is 1. The van der Waals surface area contributed by atoms with Crippen LogP contribution in [0.25, 0.3) is 0 Å². The summed E-state index contributed by atoms with van der Waals surface area (Å²) in [7, 11) is 0. The molecule has 0 aromatic heterocycles. The van der Waals surface area contributed by atoms with Crippen molar-refractivity contribution in [3.8, 4) is 0 Å². The van der Waals surface area contributed by atoms with Gasteiger partial charge in [0.05, 0.1) is 62.3 Å². The van der Waals surface area contributed by atoms with Crippen LogP contribution in [0.4, 0.5) is 5.69 Å². The summed E-state index contributed by atoms with van der Waals surface area (Å²) < 4.78 is 21.6. The number of carbonyl (C=O) groups excluding carboxylic acids is 1. The highest BCUT2D eigenvalue weighted by Crippen LogP contribution is 2.23. The molecule has 5 N–H and O–H groups in total. The molecule has 6 atom stereocenters. The SMILES string of the molecule is O=C(OC1CC2COCC(C1)N2)c1ccc([N+](=O)[O-])cc1.OC1CC2COCC(C1)N2.OC1CC2COCC(C1)N2. The van der Waals surface area contributed by atoms with Crippen molar-refractivity contribution in [1.82, 2.24) is 16.0 Å². The molecule has 0 radical (unpaired) electrons. The maximum atomic E-state index is 12.1. The largest absolute Gasteiger partial charge is 0.459 e. The van der Waals surface area contributed by atoms with E-state index in [1.807, 2.05) is 0 Å². The Balaban J connectivity index is 0.000000139. The van der Waals surface area contributed by atoms with Gasteiger partial charge < -0.3 is 45.1 Å². The third-order valence-corrected chi connectivity index (χ3v) is 8.24. The molecule has 0 amide bonds. The standard InChI is InChI=1S/C14H16N2O5.2C7H13NO2/c17-14(9-1-3-12(4-2-9)16(18)19)21-13-5-10-7-20-8-11(6-13)15-10;2*9-7-1-5-3-10-4-6(2-7)8-5/h1-4,10-11,13,15H,5-8H2;2*5-9H,1-4H2. The fourth-order valence-electron chi connectivity index (χ4n) is 6.43. The van der Waals surface area contributed by atoms with Crippen molar-refractivity contribution in [1.29, 1.82) is 0 Å². The molecule has 13 heteroatoms. The number of nitro benzene ring substituents is 1. The third-order valence-electron chi connectivity index (χ3n) is 8.24. The fourth-order valence-corrected chi connectivity index (χ4v) is 6.43. The van der Waals surface area contributed by atoms with Gasteiger partial charge in [0.1, 0.15) is 6.10 Å². The zero-order valence-corrected chi connectivity index (χ0v) is 23.2. The smallest absolute Gasteiger partial charge is 0.338 e. The van der Waals surface area contributed by atoms with E-state index < -0.39 is 10.9 Å². The number of aliphatic hydroxyl groups is 2. The Kier molecular flexibility index (Phi) is 10.5. The molecule has 6 fully saturated rings. The van der Waals surface area contributed by atoms with Gasteiger partial charge in [-0.2, -0.15) is 0 Å². The van der Waals surface area contributed by atoms with Crippen LogP contribution in [-0.4, -0.2) is 115 Å². The molecular weight excluding hydrogens is 536 g/mol. The van der Waals surface area contributed by atoms with Gasteiger partial charge in [-0.05, 0) is 37.8 Å². The summed E-state index contributed by atoms with van der Waals surface area (Å²) in [5, 5.41) is 39.4. The number of nitrogens with zero attached hydrogens (tertiary/aromatic N) is 1. The number of non-ortho nitro benzene ring substituents is 1. The zero-order valence-electron chi connectivity index (χ0n) is 23.2. The van der Waals surface area contributed by atoms with E-state index in [-0.39, 0.29) is 36.1 Å². The number of ether oxygens (including phenoxy) is 4. The van der Waals surface area contributed by atoms with Gasteiger partial charge in [0, 0.05) is 61.2 Å². The predicted molar refractivity (Wildman–Crippen MR) is 147 cm³/mol. The second kappa shape index (κ2) is 14.3. The number of carbonyl (C=O) groups is 1. The van der Waals surface area contributed by atoms with Crippen molar-refractivity contribution in [2.24, 2.45) is 0 Å². The van der Waals surface area contributed by atoms with Gasteiger partial charge in [-0.25, -0.2) is 4.79 Å². The second-order valence-electron chi connectivity index (χ2n) is 11.8. The Hall–Kier alpha value is -2.23. The highest BCUT2D eigenvalue weighted by molar-refractivity contribution is 5.89. The quantitative estimate of drug-likeness (QED) is 0.188. The molecule has 0 saturated carbocycles. The van der Waals surface area contributed by atoms with Crippen molar-refractivity contribution in [2.75, 3.05) is 39.6 Å². The Morgan fingerprint density at radius 3 is 1.44 bits per heavy atom. The molecule has 6 unspecified atom stereocenters. The number of fused-ring (bicyclic) bond motifs is 6. The molecule has 6 aliphatic rings. The lowest BCUT2D eigenvalue weighted by atomic mass is 9.94. The molecule has 6 bridgehead atoms. The van der Waals surface area contributed by atoms with Gasteiger partial charge in [-0.15, -0.1) is 0 Å². The van der Waals surface area contributed by atoms with Crippen LogP contribution >= 0.6 is 0 Å². The number of nitrogens with one attached hydrogen (secondary N) is 3. The van der Waals surface area contributed by atoms with E-state index in [0.29, 0.717) is 42.9 Å². The van der Waals surface area contributed by atoms with Gasteiger partial charge in [-0.1, -0.05) is 0 Å². The number of nitro groups is 1. The van der Waals surface area contributed by atoms with E-state index in [4.69, 9.17) is 18.9 Å². The second-order valence-corrected chi connectivity index (χ2v) is 11.8. The maximum absolute atomic E-state index is 12.1. The first kappa shape index (κ1) is 30.2. The average Bonchev–Trinajstić information content (AvgIpc) is 2.93. The van der Waals surface area contributed by atoms with Crippen molar-refractivity contribution in [3.63, 3.8) is 0 Å². The van der Waals surface area contributed by atoms with Crippen LogP contribution in [0.1, 0.15) is 48.9 Å². The molecule has 6 heterocycles. The Bertz CT molecular complexity index is 941. The normalized spacial score (nSPS) is 37.3. The molecule has 7 rings (SSSR count). The van der Waals surface area contributed by atoms with Crippen LogP contribution in [0, 0.1) is 10.1 Å². The lowest BCUT2D eigenvalue weighted by Crippen LogP contribution is -2.56. The maximum Gasteiger partial charge on any atom is 0.338 e. The topological polar surface area (TPSA) is 174 Å². The number of aliphatic hydroxyl groups excluding tert-OH is 2. The van der Waals surface area contributed by atoms with Crippen molar-refractivity contribution in [2.45, 2.75) is 93.1 Å². The van der Waals surface area contributed by atoms with E-state index in [1.54, 1.807) is 0 Å². The minimum Gasteiger partial charge on any atom is -0.459 e. The highest BCUT2D eigenvalue weighted by atomic mass is 16.6. The lowest BCUT2D eigenvalue weighted by Gasteiger charge is -2.39. The fraction of sp³-hybridized carbons (Fsp3) is 0.750. The van der Waals surface area contributed by atoms with Crippen LogP contribution in [0.3, 0.4) is 0 Å². The minimum absolute atomic E-state index is 0.0416. The van der Waals surface area contributed by atoms with Crippen molar-refractivity contribution >= 4 is 11.7 Å². The molecule has 0 aliphatic carbocycles. The van der Waals surface area contributed by atoms with Crippen LogP contribution < -0.4 is 16.0 Å². The first-order valence-electron chi connectivity index (χ1n) is 14.6. The van der Waals surface area contributed by atoms with Crippen LogP contribution in [0.2, 0.25) is 0 Å². The first-order chi connectivity index (χ1) is 19.8. The summed E-state index contributed by atoms with van der Waals surface area (Å²) in [5.41, 5.74) is 0.292. The molecule has 41 heavy (non-hydrogen) atoms. The summed E-state index contributed by atoms with van der Waals surface area (Å²) in [4.78, 5) is 22.2. The average molecular weight is 579 g/mol. The summed E-state index contributed by atoms with van der Waals surface area (Å²) in [6.45, 7) is 4.37. The highest BCUT2D eigenvalue weighted by Gasteiger charge is 2.34. The van der Waals surface area contributed by atoms with Gasteiger partial charge in [-0.3, -0.25) is 10.1 Å². The van der Waals surface area contributed by atoms with Crippen molar-refractivity contribution < 1.29 is 38.9 Å². The Labute approximate surface area is 239 Å². The molecule has 1 aromatic rings. The van der Waals surface area contributed by atoms with Gasteiger partial charge in [0.2, 0.25) is 0 Å².